The summed E-state index contributed by atoms with van der Waals surface area (Å²) in [5.41, 5.74) is 2.76. The van der Waals surface area contributed by atoms with Gasteiger partial charge in [0.05, 0.1) is 17.5 Å². The Hall–Kier alpha value is -2.08. The van der Waals surface area contributed by atoms with E-state index in [0.717, 1.165) is 36.4 Å². The highest BCUT2D eigenvalue weighted by molar-refractivity contribution is 6.07. The third-order valence-corrected chi connectivity index (χ3v) is 4.30. The van der Waals surface area contributed by atoms with Crippen molar-refractivity contribution < 1.29 is 14.3 Å². The van der Waals surface area contributed by atoms with E-state index in [1.165, 1.54) is 0 Å². The molecule has 124 valence electrons. The van der Waals surface area contributed by atoms with E-state index < -0.39 is 0 Å². The van der Waals surface area contributed by atoms with Crippen LogP contribution in [0.3, 0.4) is 0 Å². The molecule has 1 saturated heterocycles. The fraction of sp³-hybridized carbons (Fsp3) is 0.529. The molecule has 2 aliphatic heterocycles. The Kier molecular flexibility index (Phi) is 4.52. The van der Waals surface area contributed by atoms with Crippen LogP contribution in [0, 0.1) is 6.92 Å². The summed E-state index contributed by atoms with van der Waals surface area (Å²) in [5, 5.41) is 6.06. The zero-order valence-corrected chi connectivity index (χ0v) is 13.6. The van der Waals surface area contributed by atoms with Crippen LogP contribution in [0.2, 0.25) is 0 Å². The number of aryl methyl sites for hydroxylation is 1. The third-order valence-electron chi connectivity index (χ3n) is 4.30. The summed E-state index contributed by atoms with van der Waals surface area (Å²) in [6.45, 7) is 5.12. The molecule has 2 amide bonds. The molecule has 0 saturated carbocycles. The number of carbonyl (C=O) groups is 2. The maximum atomic E-state index is 12.4. The zero-order chi connectivity index (χ0) is 16.4. The molecule has 2 N–H and O–H groups in total. The molecule has 23 heavy (non-hydrogen) atoms. The molecule has 1 aromatic carbocycles. The van der Waals surface area contributed by atoms with Gasteiger partial charge in [-0.2, -0.15) is 0 Å². The first-order chi connectivity index (χ1) is 11.0. The van der Waals surface area contributed by atoms with Gasteiger partial charge in [-0.1, -0.05) is 6.07 Å². The SMILES string of the molecule is Cc1ccc2c(c1)NC(C)C(=O)N2CC(=O)NCC1CCCO1. The second-order valence-corrected chi connectivity index (χ2v) is 6.25. The molecular formula is C17H23N3O3. The monoisotopic (exact) mass is 317 g/mol. The van der Waals surface area contributed by atoms with Gasteiger partial charge in [0.2, 0.25) is 11.8 Å². The lowest BCUT2D eigenvalue weighted by molar-refractivity contribution is -0.124. The van der Waals surface area contributed by atoms with Crippen LogP contribution in [0.4, 0.5) is 11.4 Å². The molecule has 0 radical (unpaired) electrons. The van der Waals surface area contributed by atoms with Crippen LogP contribution in [0.15, 0.2) is 18.2 Å². The highest BCUT2D eigenvalue weighted by atomic mass is 16.5. The van der Waals surface area contributed by atoms with Gasteiger partial charge in [-0.3, -0.25) is 14.5 Å². The Morgan fingerprint density at radius 2 is 2.30 bits per heavy atom. The summed E-state index contributed by atoms with van der Waals surface area (Å²) in [6, 6.07) is 5.49. The van der Waals surface area contributed by atoms with Crippen LogP contribution in [0.1, 0.15) is 25.3 Å². The second-order valence-electron chi connectivity index (χ2n) is 6.25. The van der Waals surface area contributed by atoms with E-state index in [0.29, 0.717) is 6.54 Å². The van der Waals surface area contributed by atoms with E-state index in [1.807, 2.05) is 32.0 Å². The molecule has 0 spiro atoms. The van der Waals surface area contributed by atoms with Gasteiger partial charge in [-0.15, -0.1) is 0 Å². The summed E-state index contributed by atoms with van der Waals surface area (Å²) in [7, 11) is 0. The van der Waals surface area contributed by atoms with Crippen LogP contribution in [0.25, 0.3) is 0 Å². The number of amides is 2. The molecule has 0 bridgehead atoms. The predicted molar refractivity (Wildman–Crippen MR) is 88.6 cm³/mol. The minimum absolute atomic E-state index is 0.0354. The first-order valence-electron chi connectivity index (χ1n) is 8.11. The van der Waals surface area contributed by atoms with E-state index in [4.69, 9.17) is 4.74 Å². The quantitative estimate of drug-likeness (QED) is 0.881. The first kappa shape index (κ1) is 15.8. The highest BCUT2D eigenvalue weighted by Gasteiger charge is 2.31. The standard InChI is InChI=1S/C17H23N3O3/c1-11-5-6-15-14(8-11)19-12(2)17(22)20(15)10-16(21)18-9-13-4-3-7-23-13/h5-6,8,12-13,19H,3-4,7,9-10H2,1-2H3,(H,18,21). The Morgan fingerprint density at radius 1 is 1.48 bits per heavy atom. The predicted octanol–water partition coefficient (Wildman–Crippen LogP) is 1.44. The first-order valence-corrected chi connectivity index (χ1v) is 8.11. The van der Waals surface area contributed by atoms with Gasteiger partial charge in [0.15, 0.2) is 0 Å². The number of fused-ring (bicyclic) bond motifs is 1. The lowest BCUT2D eigenvalue weighted by Crippen LogP contribution is -2.50. The van der Waals surface area contributed by atoms with Gasteiger partial charge in [-0.25, -0.2) is 0 Å². The second kappa shape index (κ2) is 6.58. The summed E-state index contributed by atoms with van der Waals surface area (Å²) in [5.74, 6) is -0.247. The molecule has 1 aromatic rings. The molecule has 1 fully saturated rings. The number of benzene rings is 1. The van der Waals surface area contributed by atoms with Crippen molar-refractivity contribution in [3.05, 3.63) is 23.8 Å². The van der Waals surface area contributed by atoms with Crippen LogP contribution >= 0.6 is 0 Å². The number of carbonyl (C=O) groups excluding carboxylic acids is 2. The average molecular weight is 317 g/mol. The molecule has 2 aliphatic rings. The summed E-state index contributed by atoms with van der Waals surface area (Å²) in [4.78, 5) is 26.2. The molecule has 2 atom stereocenters. The van der Waals surface area contributed by atoms with E-state index in [9.17, 15) is 9.59 Å². The molecule has 0 aliphatic carbocycles. The Morgan fingerprint density at radius 3 is 3.04 bits per heavy atom. The van der Waals surface area contributed by atoms with Crippen molar-refractivity contribution in [1.29, 1.82) is 0 Å². The molecule has 6 nitrogen and oxygen atoms in total. The van der Waals surface area contributed by atoms with Crippen molar-refractivity contribution in [2.75, 3.05) is 29.9 Å². The fourth-order valence-electron chi connectivity index (χ4n) is 3.04. The van der Waals surface area contributed by atoms with Gasteiger partial charge in [0, 0.05) is 13.2 Å². The number of ether oxygens (including phenoxy) is 1. The number of nitrogens with one attached hydrogen (secondary N) is 2. The number of rotatable bonds is 4. The molecule has 3 rings (SSSR count). The van der Waals surface area contributed by atoms with Crippen molar-refractivity contribution in [2.24, 2.45) is 0 Å². The number of hydrogen-bond acceptors (Lipinski definition) is 4. The smallest absolute Gasteiger partial charge is 0.249 e. The zero-order valence-electron chi connectivity index (χ0n) is 13.6. The Bertz CT molecular complexity index is 611. The molecule has 2 unspecified atom stereocenters. The fourth-order valence-corrected chi connectivity index (χ4v) is 3.04. The molecule has 2 heterocycles. The van der Waals surface area contributed by atoms with Crippen molar-refractivity contribution in [1.82, 2.24) is 5.32 Å². The minimum atomic E-state index is -0.338. The third kappa shape index (κ3) is 3.47. The minimum Gasteiger partial charge on any atom is -0.376 e. The Labute approximate surface area is 136 Å². The van der Waals surface area contributed by atoms with Gasteiger partial charge >= 0.3 is 0 Å². The molecular weight excluding hydrogens is 294 g/mol. The Balaban J connectivity index is 1.68. The van der Waals surface area contributed by atoms with Crippen LogP contribution in [0.5, 0.6) is 0 Å². The van der Waals surface area contributed by atoms with E-state index >= 15 is 0 Å². The lowest BCUT2D eigenvalue weighted by Gasteiger charge is -2.33. The van der Waals surface area contributed by atoms with Crippen molar-refractivity contribution in [2.45, 2.75) is 38.8 Å². The molecule has 0 aromatic heterocycles. The van der Waals surface area contributed by atoms with E-state index in [2.05, 4.69) is 10.6 Å². The maximum absolute atomic E-state index is 12.4. The normalized spacial score (nSPS) is 23.4. The van der Waals surface area contributed by atoms with E-state index in [1.54, 1.807) is 4.90 Å². The molecule has 6 heteroatoms. The summed E-state index contributed by atoms with van der Waals surface area (Å²) in [6.07, 6.45) is 2.12. The topological polar surface area (TPSA) is 70.7 Å². The largest absolute Gasteiger partial charge is 0.376 e. The van der Waals surface area contributed by atoms with Gasteiger partial charge in [-0.05, 0) is 44.4 Å². The van der Waals surface area contributed by atoms with Crippen molar-refractivity contribution in [3.8, 4) is 0 Å². The summed E-state index contributed by atoms with van der Waals surface area (Å²) >= 11 is 0. The van der Waals surface area contributed by atoms with E-state index in [-0.39, 0.29) is 30.5 Å². The lowest BCUT2D eigenvalue weighted by atomic mass is 10.1. The van der Waals surface area contributed by atoms with Crippen LogP contribution < -0.4 is 15.5 Å². The van der Waals surface area contributed by atoms with Crippen molar-refractivity contribution in [3.63, 3.8) is 0 Å². The number of nitrogens with zero attached hydrogens (tertiary/aromatic N) is 1. The van der Waals surface area contributed by atoms with Gasteiger partial charge < -0.3 is 15.4 Å². The summed E-state index contributed by atoms with van der Waals surface area (Å²) < 4.78 is 5.50. The maximum Gasteiger partial charge on any atom is 0.249 e. The highest BCUT2D eigenvalue weighted by Crippen LogP contribution is 2.32. The number of hydrogen-bond donors (Lipinski definition) is 2. The number of anilines is 2. The van der Waals surface area contributed by atoms with Gasteiger partial charge in [0.25, 0.3) is 0 Å². The average Bonchev–Trinajstić information content (AvgIpc) is 3.03. The van der Waals surface area contributed by atoms with Crippen molar-refractivity contribution >= 4 is 23.2 Å². The van der Waals surface area contributed by atoms with Crippen LogP contribution in [-0.4, -0.2) is 43.7 Å². The van der Waals surface area contributed by atoms with Crippen LogP contribution in [-0.2, 0) is 14.3 Å². The van der Waals surface area contributed by atoms with Gasteiger partial charge in [0.1, 0.15) is 12.6 Å².